The minimum absolute atomic E-state index is 0.430. The number of anilines is 2. The normalized spacial score (nSPS) is 10.2. The van der Waals surface area contributed by atoms with Gasteiger partial charge in [-0.25, -0.2) is 9.97 Å². The summed E-state index contributed by atoms with van der Waals surface area (Å²) < 4.78 is 5.88. The van der Waals surface area contributed by atoms with Gasteiger partial charge in [-0.1, -0.05) is 12.1 Å². The first-order valence-electron chi connectivity index (χ1n) is 5.83. The summed E-state index contributed by atoms with van der Waals surface area (Å²) in [5.41, 5.74) is 6.89. The van der Waals surface area contributed by atoms with Gasteiger partial charge in [0.2, 0.25) is 0 Å². The monoisotopic (exact) mass is 322 g/mol. The van der Waals surface area contributed by atoms with Crippen LogP contribution < -0.4 is 15.8 Å². The molecule has 0 saturated carbocycles. The number of nitrogens with two attached hydrogens (primary N) is 1. The van der Waals surface area contributed by atoms with Gasteiger partial charge in [0.25, 0.3) is 0 Å². The van der Waals surface area contributed by atoms with E-state index in [0.29, 0.717) is 16.1 Å². The van der Waals surface area contributed by atoms with Gasteiger partial charge in [0.15, 0.2) is 0 Å². The van der Waals surface area contributed by atoms with Gasteiger partial charge in [0.05, 0.1) is 7.11 Å². The summed E-state index contributed by atoms with van der Waals surface area (Å²) in [5.74, 6) is 2.00. The Morgan fingerprint density at radius 2 is 2.21 bits per heavy atom. The van der Waals surface area contributed by atoms with Gasteiger partial charge in [-0.05, 0) is 40.0 Å². The topological polar surface area (TPSA) is 73.1 Å². The van der Waals surface area contributed by atoms with E-state index < -0.39 is 0 Å². The molecule has 1 aromatic heterocycles. The highest BCUT2D eigenvalue weighted by Gasteiger charge is 2.05. The molecule has 2 rings (SSSR count). The van der Waals surface area contributed by atoms with Gasteiger partial charge in [-0.3, -0.25) is 0 Å². The first-order chi connectivity index (χ1) is 9.20. The second-order valence-electron chi connectivity index (χ2n) is 3.95. The zero-order valence-corrected chi connectivity index (χ0v) is 12.1. The zero-order chi connectivity index (χ0) is 13.7. The third kappa shape index (κ3) is 3.57. The molecular weight excluding hydrogens is 308 g/mol. The third-order valence-corrected chi connectivity index (χ3v) is 3.44. The predicted molar refractivity (Wildman–Crippen MR) is 79.3 cm³/mol. The summed E-state index contributed by atoms with van der Waals surface area (Å²) in [6, 6.07) is 7.99. The summed E-state index contributed by atoms with van der Waals surface area (Å²) in [7, 11) is 1.66. The Kier molecular flexibility index (Phi) is 4.57. The number of nitrogens with one attached hydrogen (secondary N) is 1. The smallest absolute Gasteiger partial charge is 0.145 e. The maximum Gasteiger partial charge on any atom is 0.145 e. The lowest BCUT2D eigenvalue weighted by atomic mass is 10.1. The Morgan fingerprint density at radius 3 is 3.00 bits per heavy atom. The highest BCUT2D eigenvalue weighted by atomic mass is 79.9. The summed E-state index contributed by atoms with van der Waals surface area (Å²) in [5, 5.41) is 3.22. The van der Waals surface area contributed by atoms with E-state index in [1.54, 1.807) is 7.11 Å². The van der Waals surface area contributed by atoms with E-state index in [9.17, 15) is 0 Å². The van der Waals surface area contributed by atoms with Crippen molar-refractivity contribution in [3.63, 3.8) is 0 Å². The van der Waals surface area contributed by atoms with Crippen LogP contribution >= 0.6 is 15.9 Å². The maximum atomic E-state index is 5.69. The van der Waals surface area contributed by atoms with Crippen molar-refractivity contribution < 1.29 is 4.74 Å². The number of hydrogen-bond donors (Lipinski definition) is 2. The van der Waals surface area contributed by atoms with Gasteiger partial charge < -0.3 is 15.8 Å². The molecule has 19 heavy (non-hydrogen) atoms. The van der Waals surface area contributed by atoms with Gasteiger partial charge in [0, 0.05) is 6.54 Å². The first kappa shape index (κ1) is 13.6. The number of rotatable bonds is 5. The van der Waals surface area contributed by atoms with E-state index in [1.165, 1.54) is 11.9 Å². The Bertz CT molecular complexity index is 562. The Morgan fingerprint density at radius 1 is 1.37 bits per heavy atom. The van der Waals surface area contributed by atoms with Crippen LogP contribution in [0.25, 0.3) is 0 Å². The van der Waals surface area contributed by atoms with Gasteiger partial charge in [-0.15, -0.1) is 0 Å². The van der Waals surface area contributed by atoms with E-state index in [-0.39, 0.29) is 0 Å². The SMILES string of the molecule is COc1cccc(CCNc2ncnc(N)c2Br)c1. The van der Waals surface area contributed by atoms with Crippen LogP contribution in [0.3, 0.4) is 0 Å². The van der Waals surface area contributed by atoms with Crippen LogP contribution in [0.4, 0.5) is 11.6 Å². The summed E-state index contributed by atoms with van der Waals surface area (Å²) >= 11 is 3.36. The second kappa shape index (κ2) is 6.38. The molecule has 2 aromatic rings. The highest BCUT2D eigenvalue weighted by Crippen LogP contribution is 2.23. The highest BCUT2D eigenvalue weighted by molar-refractivity contribution is 9.10. The lowest BCUT2D eigenvalue weighted by Gasteiger charge is -2.09. The van der Waals surface area contributed by atoms with Crippen LogP contribution in [0, 0.1) is 0 Å². The van der Waals surface area contributed by atoms with Crippen LogP contribution in [-0.4, -0.2) is 23.6 Å². The van der Waals surface area contributed by atoms with E-state index in [1.807, 2.05) is 18.2 Å². The largest absolute Gasteiger partial charge is 0.497 e. The maximum absolute atomic E-state index is 5.69. The number of nitrogen functional groups attached to an aromatic ring is 1. The van der Waals surface area contributed by atoms with Crippen molar-refractivity contribution in [3.05, 3.63) is 40.6 Å². The molecule has 0 unspecified atom stereocenters. The molecule has 0 spiro atoms. The quantitative estimate of drug-likeness (QED) is 0.884. The molecule has 0 saturated heterocycles. The van der Waals surface area contributed by atoms with Crippen LogP contribution in [0.2, 0.25) is 0 Å². The van der Waals surface area contributed by atoms with Crippen molar-refractivity contribution in [1.29, 1.82) is 0 Å². The molecule has 6 heteroatoms. The standard InChI is InChI=1S/C13H15BrN4O/c1-19-10-4-2-3-9(7-10)5-6-16-13-11(14)12(15)17-8-18-13/h2-4,7-8H,5-6H2,1H3,(H3,15,16,17,18). The van der Waals surface area contributed by atoms with E-state index in [2.05, 4.69) is 37.3 Å². The molecule has 0 radical (unpaired) electrons. The summed E-state index contributed by atoms with van der Waals surface area (Å²) in [4.78, 5) is 8.02. The zero-order valence-electron chi connectivity index (χ0n) is 10.6. The molecule has 100 valence electrons. The van der Waals surface area contributed by atoms with Crippen LogP contribution in [0.15, 0.2) is 35.1 Å². The fraction of sp³-hybridized carbons (Fsp3) is 0.231. The summed E-state index contributed by atoms with van der Waals surface area (Å²) in [6.45, 7) is 0.752. The third-order valence-electron chi connectivity index (χ3n) is 2.66. The number of ether oxygens (including phenoxy) is 1. The number of nitrogens with zero attached hydrogens (tertiary/aromatic N) is 2. The average Bonchev–Trinajstić information content (AvgIpc) is 2.44. The molecule has 0 aliphatic carbocycles. The lowest BCUT2D eigenvalue weighted by Crippen LogP contribution is -2.08. The molecule has 0 aliphatic heterocycles. The number of aromatic nitrogens is 2. The van der Waals surface area contributed by atoms with Crippen molar-refractivity contribution in [2.24, 2.45) is 0 Å². The van der Waals surface area contributed by atoms with Crippen molar-refractivity contribution in [1.82, 2.24) is 9.97 Å². The molecule has 0 bridgehead atoms. The molecule has 1 heterocycles. The Balaban J connectivity index is 1.94. The predicted octanol–water partition coefficient (Wildman–Crippen LogP) is 2.48. The van der Waals surface area contributed by atoms with Crippen LogP contribution in [0.1, 0.15) is 5.56 Å². The Hall–Kier alpha value is -1.82. The average molecular weight is 323 g/mol. The summed E-state index contributed by atoms with van der Waals surface area (Å²) in [6.07, 6.45) is 2.31. The van der Waals surface area contributed by atoms with Crippen LogP contribution in [0.5, 0.6) is 5.75 Å². The van der Waals surface area contributed by atoms with Gasteiger partial charge in [-0.2, -0.15) is 0 Å². The van der Waals surface area contributed by atoms with E-state index in [4.69, 9.17) is 10.5 Å². The molecular formula is C13H15BrN4O. The second-order valence-corrected chi connectivity index (χ2v) is 4.74. The molecule has 0 amide bonds. The number of halogens is 1. The first-order valence-corrected chi connectivity index (χ1v) is 6.63. The fourth-order valence-electron chi connectivity index (χ4n) is 1.66. The minimum atomic E-state index is 0.430. The molecule has 0 atom stereocenters. The minimum Gasteiger partial charge on any atom is -0.497 e. The molecule has 5 nitrogen and oxygen atoms in total. The van der Waals surface area contributed by atoms with E-state index in [0.717, 1.165) is 18.7 Å². The van der Waals surface area contributed by atoms with Crippen molar-refractivity contribution >= 4 is 27.6 Å². The van der Waals surface area contributed by atoms with Gasteiger partial charge >= 0.3 is 0 Å². The van der Waals surface area contributed by atoms with Crippen molar-refractivity contribution in [2.75, 3.05) is 24.7 Å². The van der Waals surface area contributed by atoms with Crippen molar-refractivity contribution in [2.45, 2.75) is 6.42 Å². The number of hydrogen-bond acceptors (Lipinski definition) is 5. The lowest BCUT2D eigenvalue weighted by molar-refractivity contribution is 0.414. The number of methoxy groups -OCH3 is 1. The van der Waals surface area contributed by atoms with E-state index >= 15 is 0 Å². The van der Waals surface area contributed by atoms with Gasteiger partial charge in [0.1, 0.15) is 28.2 Å². The van der Waals surface area contributed by atoms with Crippen molar-refractivity contribution in [3.8, 4) is 5.75 Å². The fourth-order valence-corrected chi connectivity index (χ4v) is 2.00. The van der Waals surface area contributed by atoms with Crippen LogP contribution in [-0.2, 0) is 6.42 Å². The molecule has 3 N–H and O–H groups in total. The molecule has 0 fully saturated rings. The molecule has 1 aromatic carbocycles. The molecule has 0 aliphatic rings. The number of benzene rings is 1. The Labute approximate surface area is 120 Å².